The van der Waals surface area contributed by atoms with Crippen LogP contribution in [0.25, 0.3) is 11.3 Å². The van der Waals surface area contributed by atoms with Crippen molar-refractivity contribution < 1.29 is 9.18 Å². The zero-order valence-corrected chi connectivity index (χ0v) is 12.5. The van der Waals surface area contributed by atoms with Crippen molar-refractivity contribution in [2.45, 2.75) is 38.6 Å². The lowest BCUT2D eigenvalue weighted by Gasteiger charge is -2.20. The maximum absolute atomic E-state index is 13.1. The Hall–Kier alpha value is -2.23. The lowest BCUT2D eigenvalue weighted by atomic mass is 10.1. The van der Waals surface area contributed by atoms with Crippen LogP contribution in [0.3, 0.4) is 0 Å². The molecule has 1 aromatic heterocycles. The monoisotopic (exact) mass is 299 g/mol. The van der Waals surface area contributed by atoms with E-state index in [1.807, 2.05) is 0 Å². The predicted molar refractivity (Wildman–Crippen MR) is 83.6 cm³/mol. The number of rotatable bonds is 3. The Bertz CT molecular complexity index is 756. The molecule has 0 radical (unpaired) electrons. The van der Waals surface area contributed by atoms with Crippen LogP contribution < -0.4 is 5.56 Å². The molecule has 3 rings (SSSR count). The van der Waals surface area contributed by atoms with Crippen LogP contribution in [-0.4, -0.2) is 10.4 Å². The largest absolute Gasteiger partial charge is 0.305 e. The summed E-state index contributed by atoms with van der Waals surface area (Å²) in [5, 5.41) is 0. The smallest absolute Gasteiger partial charge is 0.262 e. The number of hydrogen-bond donors (Lipinski definition) is 0. The van der Waals surface area contributed by atoms with Gasteiger partial charge in [0.05, 0.1) is 11.3 Å². The summed E-state index contributed by atoms with van der Waals surface area (Å²) in [6.07, 6.45) is 4.06. The van der Waals surface area contributed by atoms with E-state index in [0.29, 0.717) is 0 Å². The maximum atomic E-state index is 13.1. The van der Waals surface area contributed by atoms with E-state index in [2.05, 4.69) is 0 Å². The van der Waals surface area contributed by atoms with Crippen molar-refractivity contribution in [2.75, 3.05) is 0 Å². The van der Waals surface area contributed by atoms with E-state index in [0.717, 1.165) is 36.9 Å². The van der Waals surface area contributed by atoms with E-state index in [1.165, 1.54) is 19.1 Å². The number of halogens is 1. The summed E-state index contributed by atoms with van der Waals surface area (Å²) in [5.74, 6) is -0.527. The van der Waals surface area contributed by atoms with Gasteiger partial charge in [0.15, 0.2) is 5.78 Å². The van der Waals surface area contributed by atoms with Crippen molar-refractivity contribution in [1.82, 2.24) is 4.57 Å². The van der Waals surface area contributed by atoms with Gasteiger partial charge in [-0.15, -0.1) is 0 Å². The number of carbonyl (C=O) groups is 1. The van der Waals surface area contributed by atoms with Crippen LogP contribution in [-0.2, 0) is 0 Å². The minimum atomic E-state index is -0.307. The second-order valence-corrected chi connectivity index (χ2v) is 5.81. The molecule has 1 aliphatic carbocycles. The summed E-state index contributed by atoms with van der Waals surface area (Å²) < 4.78 is 14.9. The molecule has 0 spiro atoms. The van der Waals surface area contributed by atoms with Gasteiger partial charge in [-0.1, -0.05) is 12.8 Å². The van der Waals surface area contributed by atoms with Gasteiger partial charge in [0.1, 0.15) is 5.82 Å². The maximum Gasteiger partial charge on any atom is 0.262 e. The number of ketones is 1. The van der Waals surface area contributed by atoms with E-state index < -0.39 is 0 Å². The molecular formula is C18H18FNO2. The van der Waals surface area contributed by atoms with E-state index in [-0.39, 0.29) is 28.8 Å². The molecule has 1 heterocycles. The summed E-state index contributed by atoms with van der Waals surface area (Å²) >= 11 is 0. The normalized spacial score (nSPS) is 15.2. The topological polar surface area (TPSA) is 39.1 Å². The van der Waals surface area contributed by atoms with Gasteiger partial charge in [0.25, 0.3) is 5.56 Å². The predicted octanol–water partition coefficient (Wildman–Crippen LogP) is 3.97. The fourth-order valence-corrected chi connectivity index (χ4v) is 3.20. The molecule has 1 aliphatic rings. The Labute approximate surface area is 128 Å². The second-order valence-electron chi connectivity index (χ2n) is 5.81. The van der Waals surface area contributed by atoms with Gasteiger partial charge < -0.3 is 4.57 Å². The molecule has 0 aliphatic heterocycles. The molecule has 0 N–H and O–H groups in total. The van der Waals surface area contributed by atoms with Crippen molar-refractivity contribution >= 4 is 5.78 Å². The molecular weight excluding hydrogens is 281 g/mol. The number of hydrogen-bond acceptors (Lipinski definition) is 2. The Morgan fingerprint density at radius 2 is 1.73 bits per heavy atom. The van der Waals surface area contributed by atoms with Gasteiger partial charge in [-0.3, -0.25) is 9.59 Å². The van der Waals surface area contributed by atoms with Crippen LogP contribution in [0, 0.1) is 5.82 Å². The molecule has 3 nitrogen and oxygen atoms in total. The Morgan fingerprint density at radius 3 is 2.32 bits per heavy atom. The first-order valence-corrected chi connectivity index (χ1v) is 7.60. The highest BCUT2D eigenvalue weighted by Gasteiger charge is 2.23. The van der Waals surface area contributed by atoms with Crippen LogP contribution in [0.4, 0.5) is 4.39 Å². The molecule has 4 heteroatoms. The zero-order valence-electron chi connectivity index (χ0n) is 12.5. The summed E-state index contributed by atoms with van der Waals surface area (Å²) in [5.41, 5.74) is 1.53. The Kier molecular flexibility index (Phi) is 3.92. The molecule has 1 aromatic carbocycles. The molecule has 1 fully saturated rings. The van der Waals surface area contributed by atoms with E-state index in [1.54, 1.807) is 28.8 Å². The van der Waals surface area contributed by atoms with Crippen molar-refractivity contribution in [3.63, 3.8) is 0 Å². The fourth-order valence-electron chi connectivity index (χ4n) is 3.20. The minimum absolute atomic E-state index is 0.117. The summed E-state index contributed by atoms with van der Waals surface area (Å²) in [4.78, 5) is 24.4. The van der Waals surface area contributed by atoms with Gasteiger partial charge in [-0.05, 0) is 61.7 Å². The third kappa shape index (κ3) is 2.61. The third-order valence-corrected chi connectivity index (χ3v) is 4.33. The fraction of sp³-hybridized carbons (Fsp3) is 0.333. The van der Waals surface area contributed by atoms with Crippen LogP contribution in [0.5, 0.6) is 0 Å². The highest BCUT2D eigenvalue weighted by atomic mass is 19.1. The standard InChI is InChI=1S/C18H18FNO2/c1-12(21)16-10-11-17(13-6-8-14(19)9-7-13)20(18(16)22)15-4-2-3-5-15/h6-11,15H,2-5H2,1H3. The van der Waals surface area contributed by atoms with E-state index in [9.17, 15) is 14.0 Å². The van der Waals surface area contributed by atoms with Crippen molar-refractivity contribution in [2.24, 2.45) is 0 Å². The van der Waals surface area contributed by atoms with Crippen LogP contribution in [0.15, 0.2) is 41.2 Å². The van der Waals surface area contributed by atoms with Gasteiger partial charge in [-0.2, -0.15) is 0 Å². The quantitative estimate of drug-likeness (QED) is 0.804. The first-order chi connectivity index (χ1) is 10.6. The zero-order chi connectivity index (χ0) is 15.7. The molecule has 0 unspecified atom stereocenters. The number of aromatic nitrogens is 1. The highest BCUT2D eigenvalue weighted by molar-refractivity contribution is 5.94. The first-order valence-electron chi connectivity index (χ1n) is 7.60. The number of nitrogens with zero attached hydrogens (tertiary/aromatic N) is 1. The van der Waals surface area contributed by atoms with Gasteiger partial charge in [-0.25, -0.2) is 4.39 Å². The minimum Gasteiger partial charge on any atom is -0.305 e. The van der Waals surface area contributed by atoms with Crippen molar-refractivity contribution in [3.05, 3.63) is 58.1 Å². The number of carbonyl (C=O) groups excluding carboxylic acids is 1. The Morgan fingerprint density at radius 1 is 1.09 bits per heavy atom. The van der Waals surface area contributed by atoms with Crippen molar-refractivity contribution in [1.29, 1.82) is 0 Å². The average Bonchev–Trinajstić information content (AvgIpc) is 3.01. The van der Waals surface area contributed by atoms with E-state index in [4.69, 9.17) is 0 Å². The van der Waals surface area contributed by atoms with Gasteiger partial charge in [0, 0.05) is 6.04 Å². The number of pyridine rings is 1. The first kappa shape index (κ1) is 14.7. The number of benzene rings is 1. The average molecular weight is 299 g/mol. The Balaban J connectivity index is 2.20. The van der Waals surface area contributed by atoms with Crippen LogP contribution >= 0.6 is 0 Å². The lowest BCUT2D eigenvalue weighted by Crippen LogP contribution is -2.29. The molecule has 0 saturated heterocycles. The van der Waals surface area contributed by atoms with Crippen LogP contribution in [0.1, 0.15) is 49.0 Å². The third-order valence-electron chi connectivity index (χ3n) is 4.33. The molecule has 114 valence electrons. The SMILES string of the molecule is CC(=O)c1ccc(-c2ccc(F)cc2)n(C2CCCC2)c1=O. The molecule has 1 saturated carbocycles. The highest BCUT2D eigenvalue weighted by Crippen LogP contribution is 2.32. The van der Waals surface area contributed by atoms with Gasteiger partial charge in [0.2, 0.25) is 0 Å². The second kappa shape index (κ2) is 5.87. The molecule has 0 bridgehead atoms. The summed E-state index contributed by atoms with van der Waals surface area (Å²) in [6.45, 7) is 1.41. The van der Waals surface area contributed by atoms with Crippen LogP contribution in [0.2, 0.25) is 0 Å². The lowest BCUT2D eigenvalue weighted by molar-refractivity contribution is 0.101. The summed E-state index contributed by atoms with van der Waals surface area (Å²) in [6, 6.07) is 9.60. The number of Topliss-reactive ketones (excluding diaryl/α,β-unsaturated/α-hetero) is 1. The van der Waals surface area contributed by atoms with Crippen molar-refractivity contribution in [3.8, 4) is 11.3 Å². The van der Waals surface area contributed by atoms with E-state index >= 15 is 0 Å². The molecule has 0 atom stereocenters. The molecule has 2 aromatic rings. The van der Waals surface area contributed by atoms with Gasteiger partial charge >= 0.3 is 0 Å². The molecule has 0 amide bonds. The molecule has 22 heavy (non-hydrogen) atoms. The summed E-state index contributed by atoms with van der Waals surface area (Å²) in [7, 11) is 0.